The molecule has 2 fully saturated rings. The number of halogens is 2. The highest BCUT2D eigenvalue weighted by molar-refractivity contribution is 5.77. The minimum Gasteiger partial charge on any atom is -0.372 e. The predicted molar refractivity (Wildman–Crippen MR) is 98.6 cm³/mol. The van der Waals surface area contributed by atoms with Crippen molar-refractivity contribution in [1.29, 1.82) is 0 Å². The SMILES string of the molecule is O=C1CC2(CCN(c3cnccn3)CC2)OCCN1Cc1cc(F)ccc1F. The summed E-state index contributed by atoms with van der Waals surface area (Å²) in [5.74, 6) is -0.288. The summed E-state index contributed by atoms with van der Waals surface area (Å²) < 4.78 is 33.5. The molecule has 6 nitrogen and oxygen atoms in total. The molecule has 28 heavy (non-hydrogen) atoms. The van der Waals surface area contributed by atoms with E-state index in [4.69, 9.17) is 4.74 Å². The van der Waals surface area contributed by atoms with Gasteiger partial charge in [-0.2, -0.15) is 0 Å². The zero-order valence-electron chi connectivity index (χ0n) is 15.5. The number of ether oxygens (including phenoxy) is 1. The van der Waals surface area contributed by atoms with E-state index in [1.807, 2.05) is 0 Å². The number of rotatable bonds is 3. The van der Waals surface area contributed by atoms with Crippen molar-refractivity contribution in [3.63, 3.8) is 0 Å². The Bertz CT molecular complexity index is 841. The fraction of sp³-hybridized carbons (Fsp3) is 0.450. The van der Waals surface area contributed by atoms with Crippen LogP contribution < -0.4 is 4.90 Å². The predicted octanol–water partition coefficient (Wildman–Crippen LogP) is 2.54. The Morgan fingerprint density at radius 2 is 1.96 bits per heavy atom. The van der Waals surface area contributed by atoms with Gasteiger partial charge in [0.05, 0.1) is 24.8 Å². The molecule has 0 N–H and O–H groups in total. The molecule has 2 aromatic rings. The van der Waals surface area contributed by atoms with Gasteiger partial charge in [0.2, 0.25) is 5.91 Å². The number of nitrogens with zero attached hydrogens (tertiary/aromatic N) is 4. The Kier molecular flexibility index (Phi) is 5.21. The van der Waals surface area contributed by atoms with Gasteiger partial charge < -0.3 is 14.5 Å². The van der Waals surface area contributed by atoms with Crippen LogP contribution in [-0.2, 0) is 16.1 Å². The molecule has 1 aromatic heterocycles. The Balaban J connectivity index is 1.41. The molecular formula is C20H22F2N4O2. The van der Waals surface area contributed by atoms with Gasteiger partial charge in [-0.1, -0.05) is 0 Å². The van der Waals surface area contributed by atoms with Gasteiger partial charge in [-0.05, 0) is 31.0 Å². The normalized spacial score (nSPS) is 19.7. The largest absolute Gasteiger partial charge is 0.372 e. The van der Waals surface area contributed by atoms with Crippen LogP contribution in [0.1, 0.15) is 24.8 Å². The molecule has 8 heteroatoms. The third-order valence-corrected chi connectivity index (χ3v) is 5.51. The second-order valence-corrected chi connectivity index (χ2v) is 7.31. The molecule has 0 unspecified atom stereocenters. The van der Waals surface area contributed by atoms with Crippen molar-refractivity contribution < 1.29 is 18.3 Å². The van der Waals surface area contributed by atoms with E-state index >= 15 is 0 Å². The lowest BCUT2D eigenvalue weighted by Gasteiger charge is -2.40. The van der Waals surface area contributed by atoms with Gasteiger partial charge in [-0.25, -0.2) is 13.8 Å². The van der Waals surface area contributed by atoms with Crippen molar-refractivity contribution >= 4 is 11.7 Å². The van der Waals surface area contributed by atoms with E-state index < -0.39 is 17.2 Å². The van der Waals surface area contributed by atoms with Crippen LogP contribution in [0.3, 0.4) is 0 Å². The highest BCUT2D eigenvalue weighted by Gasteiger charge is 2.41. The fourth-order valence-electron chi connectivity index (χ4n) is 3.89. The minimum atomic E-state index is -0.511. The molecule has 0 atom stereocenters. The number of anilines is 1. The second-order valence-electron chi connectivity index (χ2n) is 7.31. The van der Waals surface area contributed by atoms with Crippen LogP contribution in [0.4, 0.5) is 14.6 Å². The maximum absolute atomic E-state index is 14.0. The molecule has 0 radical (unpaired) electrons. The summed E-state index contributed by atoms with van der Waals surface area (Å²) in [4.78, 5) is 25.0. The maximum Gasteiger partial charge on any atom is 0.225 e. The lowest BCUT2D eigenvalue weighted by atomic mass is 9.87. The molecule has 2 aliphatic rings. The van der Waals surface area contributed by atoms with Gasteiger partial charge in [0.25, 0.3) is 0 Å². The van der Waals surface area contributed by atoms with E-state index in [2.05, 4.69) is 14.9 Å². The van der Waals surface area contributed by atoms with Crippen LogP contribution in [0.2, 0.25) is 0 Å². The van der Waals surface area contributed by atoms with E-state index in [0.29, 0.717) is 26.0 Å². The van der Waals surface area contributed by atoms with Crippen molar-refractivity contribution in [2.24, 2.45) is 0 Å². The Hall–Kier alpha value is -2.61. The number of hydrogen-bond acceptors (Lipinski definition) is 5. The van der Waals surface area contributed by atoms with E-state index in [0.717, 1.165) is 37.1 Å². The molecule has 3 heterocycles. The molecule has 2 saturated heterocycles. The molecule has 1 spiro atoms. The minimum absolute atomic E-state index is 0.0492. The Morgan fingerprint density at radius 1 is 1.14 bits per heavy atom. The summed E-state index contributed by atoms with van der Waals surface area (Å²) >= 11 is 0. The summed E-state index contributed by atoms with van der Waals surface area (Å²) in [5, 5.41) is 0. The van der Waals surface area contributed by atoms with Crippen LogP contribution in [0.25, 0.3) is 0 Å². The summed E-state index contributed by atoms with van der Waals surface area (Å²) in [6, 6.07) is 3.31. The number of benzene rings is 1. The molecule has 2 aliphatic heterocycles. The first kappa shape index (κ1) is 18.7. The standard InChI is InChI=1S/C20H22F2N4O2/c21-16-1-2-17(22)15(11-16)14-26-9-10-28-20(12-19(26)27)3-7-25(8-4-20)18-13-23-5-6-24-18/h1-2,5-6,11,13H,3-4,7-10,12,14H2. The van der Waals surface area contributed by atoms with Gasteiger partial charge in [0.1, 0.15) is 17.5 Å². The summed E-state index contributed by atoms with van der Waals surface area (Å²) in [6.07, 6.45) is 6.69. The molecule has 0 aliphatic carbocycles. The zero-order chi connectivity index (χ0) is 19.6. The van der Waals surface area contributed by atoms with Gasteiger partial charge in [0.15, 0.2) is 0 Å². The number of piperidine rings is 1. The zero-order valence-corrected chi connectivity index (χ0v) is 15.5. The topological polar surface area (TPSA) is 58.6 Å². The third kappa shape index (κ3) is 3.96. The number of amides is 1. The highest BCUT2D eigenvalue weighted by Crippen LogP contribution is 2.33. The van der Waals surface area contributed by atoms with Crippen molar-refractivity contribution in [3.05, 3.63) is 54.0 Å². The quantitative estimate of drug-likeness (QED) is 0.809. The summed E-state index contributed by atoms with van der Waals surface area (Å²) in [6.45, 7) is 2.25. The van der Waals surface area contributed by atoms with Crippen molar-refractivity contribution in [3.8, 4) is 0 Å². The molecule has 148 valence electrons. The third-order valence-electron chi connectivity index (χ3n) is 5.51. The van der Waals surface area contributed by atoms with Gasteiger partial charge in [-0.15, -0.1) is 0 Å². The van der Waals surface area contributed by atoms with Gasteiger partial charge in [0, 0.05) is 44.1 Å². The van der Waals surface area contributed by atoms with Crippen LogP contribution >= 0.6 is 0 Å². The fourth-order valence-corrected chi connectivity index (χ4v) is 3.89. The van der Waals surface area contributed by atoms with Crippen LogP contribution in [0.5, 0.6) is 0 Å². The second kappa shape index (κ2) is 7.79. The average molecular weight is 388 g/mol. The van der Waals surface area contributed by atoms with E-state index in [1.165, 1.54) is 0 Å². The molecule has 1 amide bonds. The molecule has 4 rings (SSSR count). The lowest BCUT2D eigenvalue weighted by Crippen LogP contribution is -2.47. The molecule has 0 saturated carbocycles. The smallest absolute Gasteiger partial charge is 0.225 e. The van der Waals surface area contributed by atoms with Crippen molar-refractivity contribution in [1.82, 2.24) is 14.9 Å². The van der Waals surface area contributed by atoms with Crippen LogP contribution in [0.15, 0.2) is 36.8 Å². The van der Waals surface area contributed by atoms with E-state index in [9.17, 15) is 13.6 Å². The van der Waals surface area contributed by atoms with Crippen molar-refractivity contribution in [2.45, 2.75) is 31.4 Å². The van der Waals surface area contributed by atoms with Crippen molar-refractivity contribution in [2.75, 3.05) is 31.1 Å². The Labute approximate surface area is 162 Å². The maximum atomic E-state index is 14.0. The number of aromatic nitrogens is 2. The number of hydrogen-bond donors (Lipinski definition) is 0. The highest BCUT2D eigenvalue weighted by atomic mass is 19.1. The van der Waals surface area contributed by atoms with E-state index in [1.54, 1.807) is 23.5 Å². The molecule has 0 bridgehead atoms. The Morgan fingerprint density at radius 3 is 2.71 bits per heavy atom. The van der Waals surface area contributed by atoms with Gasteiger partial charge >= 0.3 is 0 Å². The summed E-state index contributed by atoms with van der Waals surface area (Å²) in [5.41, 5.74) is -0.327. The molecular weight excluding hydrogens is 366 g/mol. The van der Waals surface area contributed by atoms with Crippen LogP contribution in [0, 0.1) is 11.6 Å². The average Bonchev–Trinajstić information content (AvgIpc) is 2.85. The first-order chi connectivity index (χ1) is 13.5. The first-order valence-corrected chi connectivity index (χ1v) is 9.41. The van der Waals surface area contributed by atoms with Crippen LogP contribution in [-0.4, -0.2) is 52.6 Å². The molecule has 1 aromatic carbocycles. The summed E-state index contributed by atoms with van der Waals surface area (Å²) in [7, 11) is 0. The number of carbonyl (C=O) groups excluding carboxylic acids is 1. The first-order valence-electron chi connectivity index (χ1n) is 9.41. The monoisotopic (exact) mass is 388 g/mol. The number of carbonyl (C=O) groups is 1. The van der Waals surface area contributed by atoms with Gasteiger partial charge in [-0.3, -0.25) is 9.78 Å². The van der Waals surface area contributed by atoms with E-state index in [-0.39, 0.29) is 24.4 Å². The lowest BCUT2D eigenvalue weighted by molar-refractivity contribution is -0.134.